The van der Waals surface area contributed by atoms with Crippen LogP contribution in [0.3, 0.4) is 0 Å². The molecule has 0 saturated heterocycles. The number of carboxylic acid groups (broad SMARTS) is 1. The summed E-state index contributed by atoms with van der Waals surface area (Å²) >= 11 is 0. The highest BCUT2D eigenvalue weighted by molar-refractivity contribution is 5.87. The second kappa shape index (κ2) is 5.85. The van der Waals surface area contributed by atoms with E-state index in [-0.39, 0.29) is 0 Å². The second-order valence-corrected chi connectivity index (χ2v) is 5.08. The van der Waals surface area contributed by atoms with E-state index in [2.05, 4.69) is 5.32 Å². The van der Waals surface area contributed by atoms with E-state index in [0.29, 0.717) is 12.1 Å². The van der Waals surface area contributed by atoms with Gasteiger partial charge in [0.15, 0.2) is 0 Å². The molecule has 1 aromatic rings. The summed E-state index contributed by atoms with van der Waals surface area (Å²) in [5, 5.41) is 10.8. The van der Waals surface area contributed by atoms with Gasteiger partial charge in [0.1, 0.15) is 17.2 Å². The van der Waals surface area contributed by atoms with Crippen LogP contribution in [0, 0.1) is 11.6 Å². The molecule has 1 aromatic carbocycles. The van der Waals surface area contributed by atoms with E-state index in [1.807, 2.05) is 0 Å². The Balaban J connectivity index is 2.79. The van der Waals surface area contributed by atoms with Crippen LogP contribution in [0.25, 0.3) is 0 Å². The van der Waals surface area contributed by atoms with Crippen molar-refractivity contribution >= 4 is 12.1 Å². The van der Waals surface area contributed by atoms with Crippen molar-refractivity contribution in [2.75, 3.05) is 0 Å². The lowest BCUT2D eigenvalue weighted by atomic mass is 10.1. The minimum absolute atomic E-state index is 0.430. The lowest BCUT2D eigenvalue weighted by Gasteiger charge is -2.19. The molecule has 0 saturated carbocycles. The van der Waals surface area contributed by atoms with Crippen molar-refractivity contribution in [1.29, 1.82) is 0 Å². The standard InChI is InChI=1S/C13H15F2NO4/c1-13(2,3)20-12(19)16-6-8-9(14)4-7(11(17)18)5-10(8)15/h4-5H,6H2,1-3H3,(H,16,19)(H,17,18). The van der Waals surface area contributed by atoms with Crippen LogP contribution in [-0.4, -0.2) is 22.8 Å². The summed E-state index contributed by atoms with van der Waals surface area (Å²) in [6.07, 6.45) is -0.821. The van der Waals surface area contributed by atoms with Crippen LogP contribution >= 0.6 is 0 Å². The molecule has 7 heteroatoms. The number of hydrogen-bond donors (Lipinski definition) is 2. The first-order valence-electron chi connectivity index (χ1n) is 5.78. The third-order valence-electron chi connectivity index (χ3n) is 2.20. The SMILES string of the molecule is CC(C)(C)OC(=O)NCc1c(F)cc(C(=O)O)cc1F. The molecule has 5 nitrogen and oxygen atoms in total. The number of carbonyl (C=O) groups is 2. The van der Waals surface area contributed by atoms with Crippen LogP contribution in [0.2, 0.25) is 0 Å². The topological polar surface area (TPSA) is 75.6 Å². The molecular formula is C13H15F2NO4. The van der Waals surface area contributed by atoms with Crippen molar-refractivity contribution in [3.63, 3.8) is 0 Å². The smallest absolute Gasteiger partial charge is 0.407 e. The van der Waals surface area contributed by atoms with Gasteiger partial charge in [-0.2, -0.15) is 0 Å². The van der Waals surface area contributed by atoms with Gasteiger partial charge in [-0.15, -0.1) is 0 Å². The van der Waals surface area contributed by atoms with Gasteiger partial charge in [0.2, 0.25) is 0 Å². The number of aromatic carboxylic acids is 1. The fourth-order valence-corrected chi connectivity index (χ4v) is 1.37. The van der Waals surface area contributed by atoms with Crippen molar-refractivity contribution in [1.82, 2.24) is 5.32 Å². The number of benzene rings is 1. The van der Waals surface area contributed by atoms with Gasteiger partial charge >= 0.3 is 12.1 Å². The largest absolute Gasteiger partial charge is 0.478 e. The zero-order chi connectivity index (χ0) is 15.5. The average Bonchev–Trinajstić information content (AvgIpc) is 2.24. The van der Waals surface area contributed by atoms with Gasteiger partial charge in [-0.25, -0.2) is 18.4 Å². The molecule has 110 valence electrons. The van der Waals surface area contributed by atoms with E-state index in [0.717, 1.165) is 0 Å². The molecule has 0 aliphatic carbocycles. The summed E-state index contributed by atoms with van der Waals surface area (Å²) in [5.41, 5.74) is -1.66. The van der Waals surface area contributed by atoms with E-state index in [1.54, 1.807) is 20.8 Å². The van der Waals surface area contributed by atoms with Crippen LogP contribution in [0.1, 0.15) is 36.7 Å². The van der Waals surface area contributed by atoms with Crippen LogP contribution < -0.4 is 5.32 Å². The van der Waals surface area contributed by atoms with Crippen LogP contribution in [0.4, 0.5) is 13.6 Å². The second-order valence-electron chi connectivity index (χ2n) is 5.08. The van der Waals surface area contributed by atoms with Crippen molar-refractivity contribution in [3.05, 3.63) is 34.9 Å². The monoisotopic (exact) mass is 287 g/mol. The van der Waals surface area contributed by atoms with Crippen molar-refractivity contribution < 1.29 is 28.2 Å². The Kier molecular flexibility index (Phi) is 4.65. The number of hydrogen-bond acceptors (Lipinski definition) is 3. The van der Waals surface area contributed by atoms with E-state index in [1.165, 1.54) is 0 Å². The zero-order valence-electron chi connectivity index (χ0n) is 11.3. The van der Waals surface area contributed by atoms with E-state index >= 15 is 0 Å². The zero-order valence-corrected chi connectivity index (χ0v) is 11.3. The summed E-state index contributed by atoms with van der Waals surface area (Å²) in [7, 11) is 0. The Morgan fingerprint density at radius 3 is 2.15 bits per heavy atom. The van der Waals surface area contributed by atoms with Gasteiger partial charge in [0.05, 0.1) is 12.1 Å². The number of carboxylic acids is 1. The number of ether oxygens (including phenoxy) is 1. The fraction of sp³-hybridized carbons (Fsp3) is 0.385. The molecule has 20 heavy (non-hydrogen) atoms. The number of nitrogens with one attached hydrogen (secondary N) is 1. The molecule has 0 aliphatic rings. The Labute approximate surface area is 114 Å². The molecule has 0 bridgehead atoms. The number of rotatable bonds is 3. The highest BCUT2D eigenvalue weighted by Crippen LogP contribution is 2.16. The number of amides is 1. The molecule has 0 heterocycles. The first-order valence-corrected chi connectivity index (χ1v) is 5.78. The molecule has 1 rings (SSSR count). The number of halogens is 2. The molecule has 2 N–H and O–H groups in total. The molecule has 0 radical (unpaired) electrons. The predicted molar refractivity (Wildman–Crippen MR) is 66.4 cm³/mol. The third kappa shape index (κ3) is 4.49. The molecular weight excluding hydrogens is 272 g/mol. The summed E-state index contributed by atoms with van der Waals surface area (Å²) in [4.78, 5) is 22.0. The molecule has 0 aliphatic heterocycles. The molecule has 0 fully saturated rings. The molecule has 0 aromatic heterocycles. The first-order chi connectivity index (χ1) is 9.10. The lowest BCUT2D eigenvalue weighted by molar-refractivity contribution is 0.0521. The Bertz CT molecular complexity index is 515. The van der Waals surface area contributed by atoms with E-state index in [4.69, 9.17) is 9.84 Å². The van der Waals surface area contributed by atoms with Gasteiger partial charge < -0.3 is 15.2 Å². The fourth-order valence-electron chi connectivity index (χ4n) is 1.37. The van der Waals surface area contributed by atoms with E-state index < -0.39 is 47.0 Å². The Morgan fingerprint density at radius 2 is 1.75 bits per heavy atom. The maximum Gasteiger partial charge on any atom is 0.407 e. The Hall–Kier alpha value is -2.18. The van der Waals surface area contributed by atoms with Crippen LogP contribution in [0.15, 0.2) is 12.1 Å². The van der Waals surface area contributed by atoms with Gasteiger partial charge in [-0.05, 0) is 32.9 Å². The molecule has 0 unspecified atom stereocenters. The highest BCUT2D eigenvalue weighted by Gasteiger charge is 2.18. The minimum Gasteiger partial charge on any atom is -0.478 e. The van der Waals surface area contributed by atoms with Crippen molar-refractivity contribution in [3.8, 4) is 0 Å². The van der Waals surface area contributed by atoms with Gasteiger partial charge in [0, 0.05) is 5.56 Å². The lowest BCUT2D eigenvalue weighted by Crippen LogP contribution is -2.32. The Morgan fingerprint density at radius 1 is 1.25 bits per heavy atom. The maximum atomic E-state index is 13.6. The van der Waals surface area contributed by atoms with Crippen LogP contribution in [0.5, 0.6) is 0 Å². The van der Waals surface area contributed by atoms with Gasteiger partial charge in [0.25, 0.3) is 0 Å². The quantitative estimate of drug-likeness (QED) is 0.896. The third-order valence-corrected chi connectivity index (χ3v) is 2.20. The van der Waals surface area contributed by atoms with Gasteiger partial charge in [-0.1, -0.05) is 0 Å². The highest BCUT2D eigenvalue weighted by atomic mass is 19.1. The normalized spacial score (nSPS) is 11.1. The minimum atomic E-state index is -1.44. The summed E-state index contributed by atoms with van der Waals surface area (Å²) in [6.45, 7) is 4.51. The van der Waals surface area contributed by atoms with E-state index in [9.17, 15) is 18.4 Å². The summed E-state index contributed by atoms with van der Waals surface area (Å²) in [5.74, 6) is -3.52. The molecule has 0 atom stereocenters. The first kappa shape index (κ1) is 15.9. The van der Waals surface area contributed by atoms with Crippen molar-refractivity contribution in [2.24, 2.45) is 0 Å². The van der Waals surface area contributed by atoms with Crippen molar-refractivity contribution in [2.45, 2.75) is 32.9 Å². The maximum absolute atomic E-state index is 13.6. The summed E-state index contributed by atoms with van der Waals surface area (Å²) < 4.78 is 32.0. The molecule has 1 amide bonds. The average molecular weight is 287 g/mol. The predicted octanol–water partition coefficient (Wildman–Crippen LogP) is 2.69. The summed E-state index contributed by atoms with van der Waals surface area (Å²) in [6, 6.07) is 1.38. The van der Waals surface area contributed by atoms with Crippen LogP contribution in [-0.2, 0) is 11.3 Å². The van der Waals surface area contributed by atoms with Gasteiger partial charge in [-0.3, -0.25) is 0 Å². The number of alkyl carbamates (subject to hydrolysis) is 1. The molecule has 0 spiro atoms. The number of carbonyl (C=O) groups excluding carboxylic acids is 1.